The summed E-state index contributed by atoms with van der Waals surface area (Å²) in [6.45, 7) is 1.81. The summed E-state index contributed by atoms with van der Waals surface area (Å²) >= 11 is 0. The molecular weight excluding hydrogens is 309 g/mol. The van der Waals surface area contributed by atoms with Crippen LogP contribution in [0.1, 0.15) is 35.6 Å². The molecule has 1 aromatic heterocycles. The predicted octanol–water partition coefficient (Wildman–Crippen LogP) is 3.81. The summed E-state index contributed by atoms with van der Waals surface area (Å²) in [6.07, 6.45) is -0.281. The third kappa shape index (κ3) is 3.63. The van der Waals surface area contributed by atoms with Gasteiger partial charge in [-0.15, -0.1) is 0 Å². The highest BCUT2D eigenvalue weighted by molar-refractivity contribution is 5.96. The lowest BCUT2D eigenvalue weighted by molar-refractivity contribution is 0.0891. The van der Waals surface area contributed by atoms with E-state index >= 15 is 0 Å². The van der Waals surface area contributed by atoms with Crippen molar-refractivity contribution >= 4 is 16.9 Å². The van der Waals surface area contributed by atoms with Gasteiger partial charge in [-0.25, -0.2) is 4.39 Å². The minimum atomic E-state index is -0.661. The Labute approximate surface area is 138 Å². The second-order valence-electron chi connectivity index (χ2n) is 5.83. The molecule has 2 unspecified atom stereocenters. The van der Waals surface area contributed by atoms with Crippen LogP contribution in [0, 0.1) is 5.82 Å². The normalized spacial score (nSPS) is 13.6. The van der Waals surface area contributed by atoms with E-state index in [1.807, 2.05) is 37.3 Å². The highest BCUT2D eigenvalue weighted by Crippen LogP contribution is 2.21. The van der Waals surface area contributed by atoms with Crippen LogP contribution < -0.4 is 5.32 Å². The maximum Gasteiger partial charge on any atom is 0.287 e. The number of rotatable bonds is 5. The minimum absolute atomic E-state index is 0.122. The quantitative estimate of drug-likeness (QED) is 0.749. The molecule has 2 aromatic carbocycles. The zero-order valence-corrected chi connectivity index (χ0v) is 13.2. The Bertz CT molecular complexity index is 844. The topological polar surface area (TPSA) is 62.5 Å². The van der Waals surface area contributed by atoms with Gasteiger partial charge >= 0.3 is 0 Å². The Morgan fingerprint density at radius 1 is 1.21 bits per heavy atom. The molecule has 0 spiro atoms. The Hall–Kier alpha value is -2.66. The molecule has 0 aliphatic heterocycles. The first-order chi connectivity index (χ1) is 11.5. The number of fused-ring (bicyclic) bond motifs is 1. The van der Waals surface area contributed by atoms with E-state index in [1.165, 1.54) is 24.3 Å². The van der Waals surface area contributed by atoms with Crippen molar-refractivity contribution in [1.82, 2.24) is 5.32 Å². The van der Waals surface area contributed by atoms with E-state index in [-0.39, 0.29) is 23.5 Å². The van der Waals surface area contributed by atoms with E-state index in [0.717, 1.165) is 5.56 Å². The zero-order chi connectivity index (χ0) is 17.1. The van der Waals surface area contributed by atoms with Crippen LogP contribution in [0.5, 0.6) is 0 Å². The standard InChI is InChI=1S/C19H18FNO3/c1-12(9-16(22)13-5-3-2-4-6-13)21-19(23)18-11-14-10-15(20)7-8-17(14)24-18/h2-8,10-12,16,22H,9H2,1H3,(H,21,23). The highest BCUT2D eigenvalue weighted by Gasteiger charge is 2.18. The van der Waals surface area contributed by atoms with Gasteiger partial charge in [-0.1, -0.05) is 30.3 Å². The van der Waals surface area contributed by atoms with Gasteiger partial charge in [0.2, 0.25) is 0 Å². The van der Waals surface area contributed by atoms with Gasteiger partial charge in [0.15, 0.2) is 5.76 Å². The second kappa shape index (κ2) is 6.84. The van der Waals surface area contributed by atoms with Crippen LogP contribution >= 0.6 is 0 Å². The summed E-state index contributed by atoms with van der Waals surface area (Å²) in [5, 5.41) is 13.5. The molecule has 3 aromatic rings. The number of halogens is 1. The lowest BCUT2D eigenvalue weighted by Gasteiger charge is -2.17. The fourth-order valence-electron chi connectivity index (χ4n) is 2.63. The zero-order valence-electron chi connectivity index (χ0n) is 13.2. The van der Waals surface area contributed by atoms with Crippen molar-refractivity contribution in [1.29, 1.82) is 0 Å². The molecule has 0 bridgehead atoms. The number of amides is 1. The van der Waals surface area contributed by atoms with E-state index in [9.17, 15) is 14.3 Å². The largest absolute Gasteiger partial charge is 0.451 e. The smallest absolute Gasteiger partial charge is 0.287 e. The maximum absolute atomic E-state index is 13.2. The highest BCUT2D eigenvalue weighted by atomic mass is 19.1. The van der Waals surface area contributed by atoms with Crippen molar-refractivity contribution in [3.63, 3.8) is 0 Å². The van der Waals surface area contributed by atoms with Crippen molar-refractivity contribution in [3.8, 4) is 0 Å². The number of aliphatic hydroxyl groups is 1. The molecular formula is C19H18FNO3. The van der Waals surface area contributed by atoms with Crippen LogP contribution in [0.15, 0.2) is 59.0 Å². The SMILES string of the molecule is CC(CC(O)c1ccccc1)NC(=O)c1cc2cc(F)ccc2o1. The summed E-state index contributed by atoms with van der Waals surface area (Å²) < 4.78 is 18.6. The Balaban J connectivity index is 1.64. The Morgan fingerprint density at radius 2 is 1.96 bits per heavy atom. The molecule has 1 heterocycles. The van der Waals surface area contributed by atoms with E-state index in [2.05, 4.69) is 5.32 Å². The van der Waals surface area contributed by atoms with Crippen LogP contribution in [0.25, 0.3) is 11.0 Å². The molecule has 0 aliphatic carbocycles. The maximum atomic E-state index is 13.2. The lowest BCUT2D eigenvalue weighted by Crippen LogP contribution is -2.33. The Morgan fingerprint density at radius 3 is 2.71 bits per heavy atom. The first-order valence-corrected chi connectivity index (χ1v) is 7.76. The van der Waals surface area contributed by atoms with Gasteiger partial charge in [0, 0.05) is 11.4 Å². The minimum Gasteiger partial charge on any atom is -0.451 e. The number of hydrogen-bond donors (Lipinski definition) is 2. The molecule has 0 aliphatic rings. The molecule has 4 nitrogen and oxygen atoms in total. The van der Waals surface area contributed by atoms with E-state index in [4.69, 9.17) is 4.42 Å². The summed E-state index contributed by atoms with van der Waals surface area (Å²) in [5.74, 6) is -0.648. The molecule has 0 saturated carbocycles. The van der Waals surface area contributed by atoms with Gasteiger partial charge in [0.05, 0.1) is 6.10 Å². The first-order valence-electron chi connectivity index (χ1n) is 7.76. The third-order valence-electron chi connectivity index (χ3n) is 3.84. The third-order valence-corrected chi connectivity index (χ3v) is 3.84. The summed E-state index contributed by atoms with van der Waals surface area (Å²) in [6, 6.07) is 14.6. The summed E-state index contributed by atoms with van der Waals surface area (Å²) in [7, 11) is 0. The summed E-state index contributed by atoms with van der Waals surface area (Å²) in [5.41, 5.74) is 1.26. The molecule has 0 radical (unpaired) electrons. The molecule has 24 heavy (non-hydrogen) atoms. The first kappa shape index (κ1) is 16.2. The van der Waals surface area contributed by atoms with Crippen LogP contribution in [0.4, 0.5) is 4.39 Å². The number of carbonyl (C=O) groups excluding carboxylic acids is 1. The van der Waals surface area contributed by atoms with Crippen LogP contribution in [-0.2, 0) is 0 Å². The predicted molar refractivity (Wildman–Crippen MR) is 89.1 cm³/mol. The number of benzene rings is 2. The molecule has 2 atom stereocenters. The fraction of sp³-hybridized carbons (Fsp3) is 0.211. The average Bonchev–Trinajstić information content (AvgIpc) is 2.98. The van der Waals surface area contributed by atoms with Crippen molar-refractivity contribution in [3.05, 3.63) is 71.7 Å². The molecule has 124 valence electrons. The molecule has 0 fully saturated rings. The Kier molecular flexibility index (Phi) is 4.62. The van der Waals surface area contributed by atoms with Gasteiger partial charge in [0.1, 0.15) is 11.4 Å². The van der Waals surface area contributed by atoms with Gasteiger partial charge < -0.3 is 14.8 Å². The van der Waals surface area contributed by atoms with Crippen LogP contribution in [0.2, 0.25) is 0 Å². The number of carbonyl (C=O) groups is 1. The van der Waals surface area contributed by atoms with Crippen LogP contribution in [-0.4, -0.2) is 17.1 Å². The monoisotopic (exact) mass is 327 g/mol. The molecule has 3 rings (SSSR count). The van der Waals surface area contributed by atoms with Gasteiger partial charge in [-0.3, -0.25) is 4.79 Å². The van der Waals surface area contributed by atoms with E-state index in [0.29, 0.717) is 17.4 Å². The van der Waals surface area contributed by atoms with Gasteiger partial charge in [-0.2, -0.15) is 0 Å². The van der Waals surface area contributed by atoms with E-state index in [1.54, 1.807) is 0 Å². The fourth-order valence-corrected chi connectivity index (χ4v) is 2.63. The van der Waals surface area contributed by atoms with Crippen molar-refractivity contribution in [2.75, 3.05) is 0 Å². The molecule has 1 amide bonds. The molecule has 0 saturated heterocycles. The van der Waals surface area contributed by atoms with Gasteiger partial charge in [-0.05, 0) is 43.2 Å². The number of furan rings is 1. The second-order valence-corrected chi connectivity index (χ2v) is 5.83. The lowest BCUT2D eigenvalue weighted by atomic mass is 10.0. The van der Waals surface area contributed by atoms with Crippen molar-refractivity contribution in [2.45, 2.75) is 25.5 Å². The number of aliphatic hydroxyl groups excluding tert-OH is 1. The average molecular weight is 327 g/mol. The molecule has 5 heteroatoms. The van der Waals surface area contributed by atoms with Crippen molar-refractivity contribution in [2.24, 2.45) is 0 Å². The molecule has 2 N–H and O–H groups in total. The summed E-state index contributed by atoms with van der Waals surface area (Å²) in [4.78, 5) is 12.2. The van der Waals surface area contributed by atoms with Crippen molar-refractivity contribution < 1.29 is 18.7 Å². The number of hydrogen-bond acceptors (Lipinski definition) is 3. The van der Waals surface area contributed by atoms with E-state index < -0.39 is 6.10 Å². The van der Waals surface area contributed by atoms with Gasteiger partial charge in [0.25, 0.3) is 5.91 Å². The number of nitrogens with one attached hydrogen (secondary N) is 1. The van der Waals surface area contributed by atoms with Crippen LogP contribution in [0.3, 0.4) is 0 Å².